The van der Waals surface area contributed by atoms with E-state index in [0.717, 1.165) is 0 Å². The van der Waals surface area contributed by atoms with Gasteiger partial charge >= 0.3 is 5.97 Å². The summed E-state index contributed by atoms with van der Waals surface area (Å²) in [6.07, 6.45) is 0.417. The van der Waals surface area contributed by atoms with Gasteiger partial charge in [-0.3, -0.25) is 4.79 Å². The molecule has 0 aliphatic carbocycles. The fourth-order valence-corrected chi connectivity index (χ4v) is 1.38. The van der Waals surface area contributed by atoms with Crippen LogP contribution in [-0.2, 0) is 9.59 Å². The fraction of sp³-hybridized carbons (Fsp3) is 0.214. The number of ether oxygens (including phenoxy) is 1. The zero-order chi connectivity index (χ0) is 15.1. The van der Waals surface area contributed by atoms with Crippen molar-refractivity contribution in [2.45, 2.75) is 13.0 Å². The molecule has 1 aromatic carbocycles. The average molecular weight is 274 g/mol. The van der Waals surface area contributed by atoms with Crippen LogP contribution in [0.25, 0.3) is 6.08 Å². The van der Waals surface area contributed by atoms with Crippen molar-refractivity contribution >= 4 is 18.0 Å². The Kier molecular flexibility index (Phi) is 5.30. The Morgan fingerprint density at radius 1 is 1.50 bits per heavy atom. The molecular formula is C14H14N2O4. The Bertz CT molecular complexity index is 587. The average Bonchev–Trinajstić information content (AvgIpc) is 2.44. The summed E-state index contributed by atoms with van der Waals surface area (Å²) in [5.41, 5.74) is 0.524. The highest BCUT2D eigenvalue weighted by Crippen LogP contribution is 2.17. The number of carbonyl (C=O) groups is 2. The fourth-order valence-electron chi connectivity index (χ4n) is 1.38. The lowest BCUT2D eigenvalue weighted by atomic mass is 10.1. The van der Waals surface area contributed by atoms with Crippen molar-refractivity contribution in [3.63, 3.8) is 0 Å². The second-order valence-electron chi connectivity index (χ2n) is 3.92. The van der Waals surface area contributed by atoms with Crippen molar-refractivity contribution in [2.24, 2.45) is 0 Å². The summed E-state index contributed by atoms with van der Waals surface area (Å²) in [7, 11) is 1.43. The van der Waals surface area contributed by atoms with Crippen LogP contribution < -0.4 is 10.1 Å². The summed E-state index contributed by atoms with van der Waals surface area (Å²) in [4.78, 5) is 22.1. The van der Waals surface area contributed by atoms with Gasteiger partial charge in [0, 0.05) is 7.05 Å². The van der Waals surface area contributed by atoms with Gasteiger partial charge in [0.25, 0.3) is 5.91 Å². The number of hydrogen-bond acceptors (Lipinski definition) is 4. The molecule has 6 heteroatoms. The lowest BCUT2D eigenvalue weighted by Crippen LogP contribution is -2.22. The zero-order valence-electron chi connectivity index (χ0n) is 11.1. The van der Waals surface area contributed by atoms with Crippen molar-refractivity contribution in [3.8, 4) is 11.8 Å². The number of nitrogens with zero attached hydrogens (tertiary/aromatic N) is 1. The summed E-state index contributed by atoms with van der Waals surface area (Å²) in [6.45, 7) is 1.41. The molecule has 0 heterocycles. The van der Waals surface area contributed by atoms with Crippen LogP contribution in [0.15, 0.2) is 29.8 Å². The largest absolute Gasteiger partial charge is 0.479 e. The predicted molar refractivity (Wildman–Crippen MR) is 71.8 cm³/mol. The molecule has 20 heavy (non-hydrogen) atoms. The number of benzene rings is 1. The van der Waals surface area contributed by atoms with Crippen molar-refractivity contribution in [2.75, 3.05) is 7.05 Å². The van der Waals surface area contributed by atoms with E-state index in [9.17, 15) is 9.59 Å². The van der Waals surface area contributed by atoms with E-state index in [2.05, 4.69) is 5.32 Å². The number of likely N-dealkylation sites (N-methyl/N-ethyl adjacent to an activating group) is 1. The number of hydrogen-bond donors (Lipinski definition) is 2. The quantitative estimate of drug-likeness (QED) is 0.620. The van der Waals surface area contributed by atoms with Gasteiger partial charge in [-0.1, -0.05) is 12.1 Å². The highest BCUT2D eigenvalue weighted by atomic mass is 16.5. The van der Waals surface area contributed by atoms with E-state index in [1.165, 1.54) is 20.0 Å². The number of aliphatic carboxylic acids is 1. The first-order valence-electron chi connectivity index (χ1n) is 5.81. The van der Waals surface area contributed by atoms with Gasteiger partial charge < -0.3 is 15.2 Å². The van der Waals surface area contributed by atoms with Crippen LogP contribution in [0.3, 0.4) is 0 Å². The molecule has 0 fully saturated rings. The van der Waals surface area contributed by atoms with E-state index in [4.69, 9.17) is 15.1 Å². The molecular weight excluding hydrogens is 260 g/mol. The molecule has 0 spiro atoms. The summed E-state index contributed by atoms with van der Waals surface area (Å²) in [5, 5.41) is 20.0. The van der Waals surface area contributed by atoms with E-state index in [1.807, 2.05) is 0 Å². The summed E-state index contributed by atoms with van der Waals surface area (Å²) in [6, 6.07) is 8.28. The minimum absolute atomic E-state index is 0.0454. The Morgan fingerprint density at radius 2 is 2.20 bits per heavy atom. The van der Waals surface area contributed by atoms with Gasteiger partial charge in [0.15, 0.2) is 6.10 Å². The summed E-state index contributed by atoms with van der Waals surface area (Å²) >= 11 is 0. The van der Waals surface area contributed by atoms with Crippen molar-refractivity contribution in [1.29, 1.82) is 5.26 Å². The molecule has 1 atom stereocenters. The molecule has 6 nitrogen and oxygen atoms in total. The molecule has 0 bridgehead atoms. The van der Waals surface area contributed by atoms with Gasteiger partial charge in [0.1, 0.15) is 17.4 Å². The predicted octanol–water partition coefficient (Wildman–Crippen LogP) is 1.19. The highest BCUT2D eigenvalue weighted by molar-refractivity contribution is 6.01. The van der Waals surface area contributed by atoms with Crippen LogP contribution in [0.2, 0.25) is 0 Å². The number of carboxylic acid groups (broad SMARTS) is 1. The lowest BCUT2D eigenvalue weighted by molar-refractivity contribution is -0.144. The minimum atomic E-state index is -1.07. The van der Waals surface area contributed by atoms with Gasteiger partial charge in [0.2, 0.25) is 0 Å². The Labute approximate surface area is 116 Å². The van der Waals surface area contributed by atoms with E-state index in [0.29, 0.717) is 11.3 Å². The smallest absolute Gasteiger partial charge is 0.344 e. The van der Waals surface area contributed by atoms with Crippen LogP contribution in [0, 0.1) is 11.3 Å². The first-order valence-corrected chi connectivity index (χ1v) is 5.81. The van der Waals surface area contributed by atoms with E-state index in [-0.39, 0.29) is 5.57 Å². The molecule has 1 amide bonds. The standard InChI is InChI=1S/C14H14N2O4/c1-9(14(18)19)20-12-5-3-4-10(7-12)6-11(8-15)13(17)16-2/h3-7,9H,1-2H3,(H,16,17)(H,18,19)/b11-6+. The van der Waals surface area contributed by atoms with Crippen molar-refractivity contribution in [1.82, 2.24) is 5.32 Å². The zero-order valence-corrected chi connectivity index (χ0v) is 11.1. The van der Waals surface area contributed by atoms with E-state index in [1.54, 1.807) is 30.3 Å². The Hall–Kier alpha value is -2.81. The van der Waals surface area contributed by atoms with Gasteiger partial charge in [-0.05, 0) is 30.7 Å². The van der Waals surface area contributed by atoms with Crippen LogP contribution in [0.1, 0.15) is 12.5 Å². The monoisotopic (exact) mass is 274 g/mol. The molecule has 1 unspecified atom stereocenters. The van der Waals surface area contributed by atoms with E-state index >= 15 is 0 Å². The molecule has 2 N–H and O–H groups in total. The molecule has 0 saturated heterocycles. The molecule has 1 rings (SSSR count). The lowest BCUT2D eigenvalue weighted by Gasteiger charge is -2.10. The number of nitrogens with one attached hydrogen (secondary N) is 1. The second kappa shape index (κ2) is 6.95. The van der Waals surface area contributed by atoms with Crippen LogP contribution in [0.5, 0.6) is 5.75 Å². The maximum absolute atomic E-state index is 11.4. The van der Waals surface area contributed by atoms with Gasteiger partial charge in [-0.2, -0.15) is 5.26 Å². The molecule has 104 valence electrons. The Morgan fingerprint density at radius 3 is 2.75 bits per heavy atom. The first-order chi connectivity index (χ1) is 9.47. The number of carboxylic acids is 1. The van der Waals surface area contributed by atoms with Crippen molar-refractivity contribution in [3.05, 3.63) is 35.4 Å². The molecule has 0 aromatic heterocycles. The van der Waals surface area contributed by atoms with Crippen LogP contribution >= 0.6 is 0 Å². The van der Waals surface area contributed by atoms with Gasteiger partial charge in [0.05, 0.1) is 0 Å². The third-order valence-corrected chi connectivity index (χ3v) is 2.42. The molecule has 0 aliphatic heterocycles. The van der Waals surface area contributed by atoms with Crippen molar-refractivity contribution < 1.29 is 19.4 Å². The highest BCUT2D eigenvalue weighted by Gasteiger charge is 2.12. The van der Waals surface area contributed by atoms with Gasteiger partial charge in [-0.25, -0.2) is 4.79 Å². The topological polar surface area (TPSA) is 99.4 Å². The number of nitriles is 1. The maximum atomic E-state index is 11.4. The number of amides is 1. The number of rotatable bonds is 5. The third kappa shape index (κ3) is 4.14. The maximum Gasteiger partial charge on any atom is 0.344 e. The SMILES string of the molecule is CNC(=O)/C(C#N)=C/c1cccc(OC(C)C(=O)O)c1. The minimum Gasteiger partial charge on any atom is -0.479 e. The van der Waals surface area contributed by atoms with Crippen LogP contribution in [0.4, 0.5) is 0 Å². The third-order valence-electron chi connectivity index (χ3n) is 2.42. The summed E-state index contributed by atoms with van der Waals surface area (Å²) in [5.74, 6) is -1.21. The number of carbonyl (C=O) groups excluding carboxylic acids is 1. The van der Waals surface area contributed by atoms with Gasteiger partial charge in [-0.15, -0.1) is 0 Å². The molecule has 0 saturated carbocycles. The normalized spacial score (nSPS) is 12.2. The first kappa shape index (κ1) is 15.2. The molecule has 1 aromatic rings. The molecule has 0 aliphatic rings. The van der Waals surface area contributed by atoms with Crippen LogP contribution in [-0.4, -0.2) is 30.1 Å². The van der Waals surface area contributed by atoms with E-state index < -0.39 is 18.0 Å². The molecule has 0 radical (unpaired) electrons. The Balaban J connectivity index is 2.99. The summed E-state index contributed by atoms with van der Waals surface area (Å²) < 4.78 is 5.21. The second-order valence-corrected chi connectivity index (χ2v) is 3.92.